The zero-order valence-electron chi connectivity index (χ0n) is 23.2. The van der Waals surface area contributed by atoms with Gasteiger partial charge in [-0.05, 0) is 38.2 Å². The summed E-state index contributed by atoms with van der Waals surface area (Å²) in [5, 5.41) is 13.6. The van der Waals surface area contributed by atoms with Gasteiger partial charge < -0.3 is 36.1 Å². The summed E-state index contributed by atoms with van der Waals surface area (Å²) in [5.74, 6) is -2.37. The lowest BCUT2D eigenvalue weighted by Crippen LogP contribution is -2.37. The molecule has 6 N–H and O–H groups in total. The van der Waals surface area contributed by atoms with Crippen LogP contribution in [0.1, 0.15) is 40.5 Å². The van der Waals surface area contributed by atoms with Gasteiger partial charge in [0.1, 0.15) is 6.10 Å². The molecule has 39 heavy (non-hydrogen) atoms. The van der Waals surface area contributed by atoms with E-state index in [-0.39, 0.29) is 34.9 Å². The zero-order valence-corrected chi connectivity index (χ0v) is 23.2. The number of aliphatic hydroxyl groups excluding tert-OH is 1. The fraction of sp³-hybridized carbons (Fsp3) is 0.500. The van der Waals surface area contributed by atoms with Crippen LogP contribution < -0.4 is 16.8 Å². The lowest BCUT2D eigenvalue weighted by molar-refractivity contribution is -0.120. The molecule has 2 aliphatic rings. The van der Waals surface area contributed by atoms with Gasteiger partial charge in [0.25, 0.3) is 5.91 Å². The average Bonchev–Trinajstić information content (AvgIpc) is 2.88. The van der Waals surface area contributed by atoms with Gasteiger partial charge in [-0.2, -0.15) is 0 Å². The van der Waals surface area contributed by atoms with E-state index in [1.807, 2.05) is 6.92 Å². The third kappa shape index (κ3) is 8.22. The molecule has 0 unspecified atom stereocenters. The molecule has 1 heterocycles. The predicted octanol–water partition coefficient (Wildman–Crippen LogP) is 1.72. The standard InChI is InChI=1S/C28H39N3O8/c1-14-10-18-23(29)20(32)13-19(25(18)34)31-27(35)15(2)8-7-9-21(37-5)26(39-28(30)36)17(4)12-16(3)24(33)22(11-14)38-6/h7-9,12-14,16,21-22,24,26,33H,10-11,29H2,1-6H3,(H2,30,36)(H,31,35)/t14-,16+,21+,22+,24+,26+/m1/s1/i28+1,29+1,30+1. The Morgan fingerprint density at radius 2 is 1.79 bits per heavy atom. The van der Waals surface area contributed by atoms with E-state index in [0.717, 1.165) is 6.08 Å². The van der Waals surface area contributed by atoms with Gasteiger partial charge in [0.15, 0.2) is 6.10 Å². The molecule has 214 valence electrons. The number of amides is 2. The Morgan fingerprint density at radius 1 is 1.13 bits per heavy atom. The summed E-state index contributed by atoms with van der Waals surface area (Å²) in [6.07, 6.45) is 3.55. The fourth-order valence-corrected chi connectivity index (χ4v) is 4.61. The van der Waals surface area contributed by atoms with Crippen LogP contribution in [-0.2, 0) is 28.6 Å². The highest BCUT2D eigenvalue weighted by atomic mass is 16.7. The van der Waals surface area contributed by atoms with Crippen LogP contribution in [-0.4, -0.2) is 67.3 Å². The number of carbonyl (C=O) groups is 4. The van der Waals surface area contributed by atoms with Crippen molar-refractivity contribution in [3.63, 3.8) is 0 Å². The zero-order chi connectivity index (χ0) is 29.4. The van der Waals surface area contributed by atoms with Gasteiger partial charge in [0, 0.05) is 37.4 Å². The lowest BCUT2D eigenvalue weighted by atomic mass is 9.85. The first-order valence-corrected chi connectivity index (χ1v) is 12.6. The minimum Gasteiger partial charge on any atom is -0.439 e. The van der Waals surface area contributed by atoms with Crippen molar-refractivity contribution in [3.05, 3.63) is 58.5 Å². The van der Waals surface area contributed by atoms with E-state index in [2.05, 4.69) is 5.32 Å². The van der Waals surface area contributed by atoms with Gasteiger partial charge in [-0.3, -0.25) is 14.4 Å². The van der Waals surface area contributed by atoms with E-state index >= 15 is 0 Å². The largest absolute Gasteiger partial charge is 0.439 e. The molecule has 0 fully saturated rings. The number of ketones is 2. The van der Waals surface area contributed by atoms with Gasteiger partial charge in [-0.1, -0.05) is 38.2 Å². The Morgan fingerprint density at radius 3 is 2.38 bits per heavy atom. The summed E-state index contributed by atoms with van der Waals surface area (Å²) in [4.78, 5) is 50.1. The lowest BCUT2D eigenvalue weighted by Gasteiger charge is -2.29. The first-order chi connectivity index (χ1) is 18.3. The molecular weight excluding hydrogens is 509 g/mol. The summed E-state index contributed by atoms with van der Waals surface area (Å²) < 4.78 is 16.4. The molecule has 0 aromatic rings. The number of hydrogen-bond acceptors (Lipinski definition) is 9. The first-order valence-electron chi connectivity index (χ1n) is 12.6. The van der Waals surface area contributed by atoms with Crippen LogP contribution in [0.2, 0.25) is 0 Å². The second-order valence-electron chi connectivity index (χ2n) is 9.97. The molecule has 11 nitrogen and oxygen atoms in total. The van der Waals surface area contributed by atoms with E-state index in [9.17, 15) is 24.3 Å². The normalized spacial score (nSPS) is 29.8. The number of rotatable bonds is 3. The number of ether oxygens (including phenoxy) is 3. The molecule has 2 rings (SSSR count). The summed E-state index contributed by atoms with van der Waals surface area (Å²) >= 11 is 0. The molecule has 1 aliphatic carbocycles. The van der Waals surface area contributed by atoms with Crippen LogP contribution in [0.4, 0.5) is 4.79 Å². The minimum atomic E-state index is -1.00. The van der Waals surface area contributed by atoms with Gasteiger partial charge in [-0.25, -0.2) is 4.79 Å². The Kier molecular flexibility index (Phi) is 11.4. The Hall–Kier alpha value is -3.54. The third-order valence-electron chi connectivity index (χ3n) is 6.84. The summed E-state index contributed by atoms with van der Waals surface area (Å²) in [6, 6.07) is 0. The number of aliphatic hydroxyl groups is 1. The van der Waals surface area contributed by atoms with Crippen LogP contribution in [0.5, 0.6) is 0 Å². The van der Waals surface area contributed by atoms with Gasteiger partial charge in [-0.15, -0.1) is 0 Å². The van der Waals surface area contributed by atoms with E-state index in [0.29, 0.717) is 12.0 Å². The van der Waals surface area contributed by atoms with Crippen LogP contribution in [0, 0.1) is 11.8 Å². The van der Waals surface area contributed by atoms with Crippen LogP contribution in [0.3, 0.4) is 0 Å². The van der Waals surface area contributed by atoms with Crippen molar-refractivity contribution in [3.8, 4) is 0 Å². The van der Waals surface area contributed by atoms with E-state index in [1.54, 1.807) is 26.0 Å². The van der Waals surface area contributed by atoms with E-state index in [4.69, 9.17) is 25.7 Å². The van der Waals surface area contributed by atoms with Crippen molar-refractivity contribution < 1.29 is 38.5 Å². The van der Waals surface area contributed by atoms with Gasteiger partial charge in [0.2, 0.25) is 11.6 Å². The summed E-state index contributed by atoms with van der Waals surface area (Å²) in [6.45, 7) is 6.89. The quantitative estimate of drug-likeness (QED) is 0.177. The molecule has 0 spiro atoms. The Bertz CT molecular complexity index is 1130. The molecule has 6 atom stereocenters. The maximum Gasteiger partial charge on any atom is 0.405 e. The van der Waals surface area contributed by atoms with Crippen molar-refractivity contribution in [2.45, 2.75) is 65.0 Å². The van der Waals surface area contributed by atoms with Crippen LogP contribution in [0.25, 0.3) is 0 Å². The fourth-order valence-electron chi connectivity index (χ4n) is 4.61. The SMILES string of the molecule is CO[C@H]1C=CC=C(C)C(=O)NC2=CC(=O)C([15NH2])=C(C[C@@H](C)C[C@H](OC)[C@@H](O)[C@@H](C)C=C(C)[C@@H]1O[13C]([15NH2])=O)C2=O. The molecule has 0 aromatic heterocycles. The molecule has 1 aliphatic heterocycles. The molecular formula is C28H39N3O8. The third-order valence-corrected chi connectivity index (χ3v) is 6.84. The highest BCUT2D eigenvalue weighted by Crippen LogP contribution is 2.28. The van der Waals surface area contributed by atoms with Crippen LogP contribution >= 0.6 is 0 Å². The number of fused-ring (bicyclic) bond motifs is 2. The second kappa shape index (κ2) is 14.0. The smallest absolute Gasteiger partial charge is 0.405 e. The highest BCUT2D eigenvalue weighted by molar-refractivity contribution is 6.23. The second-order valence-corrected chi connectivity index (χ2v) is 9.97. The number of methoxy groups -OCH3 is 2. The van der Waals surface area contributed by atoms with Crippen molar-refractivity contribution in [1.82, 2.24) is 5.32 Å². The van der Waals surface area contributed by atoms with Crippen LogP contribution in [0.15, 0.2) is 58.5 Å². The summed E-state index contributed by atoms with van der Waals surface area (Å²) in [5.41, 5.74) is 11.9. The van der Waals surface area contributed by atoms with Crippen molar-refractivity contribution >= 4 is 23.6 Å². The molecule has 0 saturated heterocycles. The number of carbonyl (C=O) groups excluding carboxylic acids is 4. The highest BCUT2D eigenvalue weighted by Gasteiger charge is 2.32. The molecule has 0 aromatic carbocycles. The van der Waals surface area contributed by atoms with Gasteiger partial charge >= 0.3 is 6.09 Å². The molecule has 0 radical (unpaired) electrons. The number of allylic oxidation sites excluding steroid dienone is 4. The molecule has 2 bridgehead atoms. The average molecular weight is 549 g/mol. The first kappa shape index (κ1) is 31.7. The molecule has 2 amide bonds. The number of nitrogens with one attached hydrogen (secondary N) is 1. The van der Waals surface area contributed by atoms with Crippen molar-refractivity contribution in [2.24, 2.45) is 23.3 Å². The number of nitrogens with two attached hydrogens (primary N) is 2. The molecule has 11 heteroatoms. The Balaban J connectivity index is 2.58. The monoisotopic (exact) mass is 548 g/mol. The minimum absolute atomic E-state index is 0.104. The predicted molar refractivity (Wildman–Crippen MR) is 144 cm³/mol. The van der Waals surface area contributed by atoms with Crippen molar-refractivity contribution in [2.75, 3.05) is 14.2 Å². The Labute approximate surface area is 228 Å². The van der Waals surface area contributed by atoms with Gasteiger partial charge in [0.05, 0.1) is 23.6 Å². The van der Waals surface area contributed by atoms with E-state index in [1.165, 1.54) is 33.3 Å². The van der Waals surface area contributed by atoms with Crippen molar-refractivity contribution in [1.29, 1.82) is 0 Å². The maximum atomic E-state index is 13.2. The maximum absolute atomic E-state index is 13.2. The number of primary amides is 1. The number of hydrogen-bond donors (Lipinski definition) is 4. The van der Waals surface area contributed by atoms with E-state index < -0.39 is 53.9 Å². The summed E-state index contributed by atoms with van der Waals surface area (Å²) in [7, 11) is 2.90. The molecule has 0 saturated carbocycles. The number of Topliss-reactive ketones (excluding diaryl/α,β-unsaturated/α-hetero) is 1. The topological polar surface area (TPSA) is 180 Å².